The third-order valence-corrected chi connectivity index (χ3v) is 4.87. The number of nitrogen functional groups attached to an aromatic ring is 1. The molecule has 8 nitrogen and oxygen atoms in total. The molecule has 0 spiro atoms. The van der Waals surface area contributed by atoms with E-state index in [0.717, 1.165) is 5.69 Å². The van der Waals surface area contributed by atoms with Gasteiger partial charge in [0.1, 0.15) is 5.82 Å². The topological polar surface area (TPSA) is 128 Å². The first kappa shape index (κ1) is 21.9. The van der Waals surface area contributed by atoms with Gasteiger partial charge >= 0.3 is 11.9 Å². The number of benzene rings is 1. The number of nitrogens with two attached hydrogens (primary N) is 1. The van der Waals surface area contributed by atoms with Gasteiger partial charge in [-0.05, 0) is 31.9 Å². The molecule has 0 fully saturated rings. The molecule has 0 bridgehead atoms. The largest absolute Gasteiger partial charge is 0.481 e. The van der Waals surface area contributed by atoms with Gasteiger partial charge in [0.05, 0.1) is 17.3 Å². The molecule has 0 aliphatic heterocycles. The fourth-order valence-corrected chi connectivity index (χ4v) is 3.07. The number of ether oxygens (including phenoxy) is 1. The number of hydrogen-bond acceptors (Lipinski definition) is 5. The Morgan fingerprint density at radius 3 is 2.41 bits per heavy atom. The lowest BCUT2D eigenvalue weighted by Gasteiger charge is -2.32. The zero-order chi connectivity index (χ0) is 21.4. The number of methoxy groups -OCH3 is 1. The molecule has 8 heteroatoms. The van der Waals surface area contributed by atoms with E-state index in [1.165, 1.54) is 13.2 Å². The van der Waals surface area contributed by atoms with Crippen LogP contribution in [0.5, 0.6) is 0 Å². The van der Waals surface area contributed by atoms with Crippen LogP contribution in [-0.2, 0) is 14.3 Å². The van der Waals surface area contributed by atoms with E-state index >= 15 is 0 Å². The van der Waals surface area contributed by atoms with E-state index in [1.54, 1.807) is 29.9 Å². The Labute approximate surface area is 168 Å². The van der Waals surface area contributed by atoms with Crippen LogP contribution in [0.4, 0.5) is 5.82 Å². The van der Waals surface area contributed by atoms with E-state index in [9.17, 15) is 14.7 Å². The summed E-state index contributed by atoms with van der Waals surface area (Å²) in [4.78, 5) is 22.4. The summed E-state index contributed by atoms with van der Waals surface area (Å²) >= 11 is 0. The normalized spacial score (nSPS) is 18.1. The van der Waals surface area contributed by atoms with Gasteiger partial charge < -0.3 is 20.7 Å². The molecule has 0 saturated carbocycles. The van der Waals surface area contributed by atoms with E-state index in [0.29, 0.717) is 11.4 Å². The van der Waals surface area contributed by atoms with Crippen molar-refractivity contribution < 1.29 is 24.5 Å². The van der Waals surface area contributed by atoms with E-state index < -0.39 is 17.4 Å². The van der Waals surface area contributed by atoms with Crippen molar-refractivity contribution in [1.29, 1.82) is 0 Å². The summed E-state index contributed by atoms with van der Waals surface area (Å²) in [6.07, 6.45) is 4.99. The van der Waals surface area contributed by atoms with E-state index in [2.05, 4.69) is 5.10 Å². The van der Waals surface area contributed by atoms with Crippen molar-refractivity contribution in [3.8, 4) is 5.69 Å². The van der Waals surface area contributed by atoms with Gasteiger partial charge in [0.2, 0.25) is 0 Å². The third-order valence-electron chi connectivity index (χ3n) is 4.87. The monoisotopic (exact) mass is 399 g/mol. The van der Waals surface area contributed by atoms with E-state index in [4.69, 9.17) is 15.6 Å². The first-order chi connectivity index (χ1) is 13.8. The van der Waals surface area contributed by atoms with Crippen LogP contribution in [-0.4, -0.2) is 45.6 Å². The van der Waals surface area contributed by atoms with Crippen LogP contribution in [0.1, 0.15) is 19.8 Å². The predicted octanol–water partition coefficient (Wildman–Crippen LogP) is 2.91. The molecule has 0 amide bonds. The van der Waals surface area contributed by atoms with Crippen LogP contribution in [0.3, 0.4) is 0 Å². The number of carboxylic acid groups (broad SMARTS) is 2. The maximum Gasteiger partial charge on any atom is 0.331 e. The summed E-state index contributed by atoms with van der Waals surface area (Å²) in [6.45, 7) is 1.99. The molecule has 1 aromatic heterocycles. The van der Waals surface area contributed by atoms with E-state index in [1.807, 2.05) is 30.3 Å². The summed E-state index contributed by atoms with van der Waals surface area (Å²) in [5, 5.41) is 22.4. The second-order valence-electron chi connectivity index (χ2n) is 6.66. The van der Waals surface area contributed by atoms with Crippen LogP contribution in [0.2, 0.25) is 0 Å². The number of para-hydroxylation sites is 1. The van der Waals surface area contributed by atoms with Gasteiger partial charge in [-0.25, -0.2) is 9.48 Å². The number of allylic oxidation sites excluding steroid dienone is 2. The number of nitrogens with zero attached hydrogens (tertiary/aromatic N) is 2. The van der Waals surface area contributed by atoms with Crippen LogP contribution in [0.15, 0.2) is 65.9 Å². The van der Waals surface area contributed by atoms with Gasteiger partial charge in [-0.15, -0.1) is 0 Å². The van der Waals surface area contributed by atoms with Gasteiger partial charge in [-0.1, -0.05) is 35.9 Å². The summed E-state index contributed by atoms with van der Waals surface area (Å²) in [5.74, 6) is -1.42. The lowest BCUT2D eigenvalue weighted by molar-refractivity contribution is -0.148. The maximum atomic E-state index is 11.4. The van der Waals surface area contributed by atoms with Gasteiger partial charge in [-0.2, -0.15) is 5.10 Å². The number of aliphatic carboxylic acids is 2. The molecule has 4 N–H and O–H groups in total. The summed E-state index contributed by atoms with van der Waals surface area (Å²) in [5.41, 5.74) is 6.28. The highest BCUT2D eigenvalue weighted by atomic mass is 16.5. The number of carbonyl (C=O) groups is 2. The molecule has 0 saturated heterocycles. The smallest absolute Gasteiger partial charge is 0.331 e. The quantitative estimate of drug-likeness (QED) is 0.681. The van der Waals surface area contributed by atoms with Crippen molar-refractivity contribution in [2.24, 2.45) is 5.41 Å². The average Bonchev–Trinajstić information content (AvgIpc) is 3.14. The maximum absolute atomic E-state index is 11.4. The number of anilines is 1. The van der Waals surface area contributed by atoms with Crippen LogP contribution in [0, 0.1) is 5.41 Å². The zero-order valence-corrected chi connectivity index (χ0v) is 16.4. The molecule has 2 aromatic rings. The molecule has 1 atom stereocenters. The Morgan fingerprint density at radius 2 is 1.90 bits per heavy atom. The van der Waals surface area contributed by atoms with Crippen molar-refractivity contribution in [2.45, 2.75) is 19.8 Å². The van der Waals surface area contributed by atoms with Crippen LogP contribution in [0.25, 0.3) is 5.69 Å². The number of hydrogen-bond donors (Lipinski definition) is 3. The van der Waals surface area contributed by atoms with Crippen molar-refractivity contribution in [2.75, 3.05) is 19.5 Å². The van der Waals surface area contributed by atoms with Crippen LogP contribution >= 0.6 is 0 Å². The fraction of sp³-hybridized carbons (Fsp3) is 0.286. The molecule has 1 aliphatic rings. The molecule has 29 heavy (non-hydrogen) atoms. The Bertz CT molecular complexity index is 917. The molecule has 1 aliphatic carbocycles. The highest BCUT2D eigenvalue weighted by Gasteiger charge is 2.43. The van der Waals surface area contributed by atoms with Crippen molar-refractivity contribution in [1.82, 2.24) is 9.78 Å². The highest BCUT2D eigenvalue weighted by molar-refractivity contribution is 5.90. The average molecular weight is 399 g/mol. The number of carboxylic acids is 2. The second kappa shape index (κ2) is 9.70. The van der Waals surface area contributed by atoms with Gasteiger partial charge in [-0.3, -0.25) is 4.79 Å². The molecule has 0 radical (unpaired) electrons. The van der Waals surface area contributed by atoms with E-state index in [-0.39, 0.29) is 25.0 Å². The Hall–Kier alpha value is -3.39. The fourth-order valence-electron chi connectivity index (χ4n) is 3.07. The molecule has 1 aromatic carbocycles. The zero-order valence-electron chi connectivity index (χ0n) is 16.4. The first-order valence-electron chi connectivity index (χ1n) is 9.00. The minimum absolute atomic E-state index is 0.00333. The number of rotatable bonds is 6. The third kappa shape index (κ3) is 5.11. The highest BCUT2D eigenvalue weighted by Crippen LogP contribution is 2.41. The Morgan fingerprint density at radius 1 is 1.21 bits per heavy atom. The van der Waals surface area contributed by atoms with Crippen molar-refractivity contribution in [3.05, 3.63) is 65.9 Å². The summed E-state index contributed by atoms with van der Waals surface area (Å²) in [7, 11) is 1.49. The Kier molecular flexibility index (Phi) is 7.33. The predicted molar refractivity (Wildman–Crippen MR) is 109 cm³/mol. The lowest BCUT2D eigenvalue weighted by Crippen LogP contribution is -2.36. The second-order valence-corrected chi connectivity index (χ2v) is 6.66. The number of aromatic nitrogens is 2. The van der Waals surface area contributed by atoms with Gasteiger partial charge in [0, 0.05) is 25.4 Å². The minimum Gasteiger partial charge on any atom is -0.481 e. The Balaban J connectivity index is 0.000000218. The van der Waals surface area contributed by atoms with Gasteiger partial charge in [0.25, 0.3) is 0 Å². The first-order valence-corrected chi connectivity index (χ1v) is 9.00. The molecule has 1 unspecified atom stereocenters. The van der Waals surface area contributed by atoms with Crippen LogP contribution < -0.4 is 5.73 Å². The molecule has 1 heterocycles. The molecular weight excluding hydrogens is 374 g/mol. The van der Waals surface area contributed by atoms with Crippen molar-refractivity contribution >= 4 is 17.8 Å². The molecule has 154 valence electrons. The summed E-state index contributed by atoms with van der Waals surface area (Å²) in [6, 6.07) is 11.6. The molecular formula is C21H25N3O5. The SMILES string of the molecule is COCCC1(C(=O)O)CC(C(=O)O)=CC=C1C.Nc1ccnn1-c1ccccc1. The van der Waals surface area contributed by atoms with Gasteiger partial charge in [0.15, 0.2) is 0 Å². The molecule has 3 rings (SSSR count). The summed E-state index contributed by atoms with van der Waals surface area (Å²) < 4.78 is 6.60. The minimum atomic E-state index is -1.15. The van der Waals surface area contributed by atoms with Crippen molar-refractivity contribution in [3.63, 3.8) is 0 Å². The lowest BCUT2D eigenvalue weighted by atomic mass is 9.70. The standard InChI is InChI=1S/C12H16O5.C9H9N3/c1-8-3-4-9(10(13)14)7-12(8,11(15)16)5-6-17-2;10-9-6-7-11-12(9)8-4-2-1-3-5-8/h3-4H,5-7H2,1-2H3,(H,13,14)(H,15,16);1-7H,10H2.